The summed E-state index contributed by atoms with van der Waals surface area (Å²) in [6, 6.07) is 10.2. The Kier molecular flexibility index (Phi) is 7.12. The molecule has 30 heavy (non-hydrogen) atoms. The molecule has 0 amide bonds. The molecule has 0 saturated heterocycles. The molecule has 0 bridgehead atoms. The highest BCUT2D eigenvalue weighted by Gasteiger charge is 2.15. The molecule has 3 rings (SSSR count). The Balaban J connectivity index is 1.55. The molecule has 1 aromatic heterocycles. The van der Waals surface area contributed by atoms with Crippen LogP contribution >= 0.6 is 0 Å². The zero-order valence-electron chi connectivity index (χ0n) is 16.3. The Bertz CT molecular complexity index is 951. The summed E-state index contributed by atoms with van der Waals surface area (Å²) in [5.41, 5.74) is 0.533. The topological polar surface area (TPSA) is 69.9 Å². The average molecular weight is 423 g/mol. The minimum atomic E-state index is -2.95. The highest BCUT2D eigenvalue weighted by molar-refractivity contribution is 5.60. The van der Waals surface area contributed by atoms with E-state index in [4.69, 9.17) is 14.0 Å². The molecule has 0 aliphatic heterocycles. The summed E-state index contributed by atoms with van der Waals surface area (Å²) in [4.78, 5) is 6.23. The Morgan fingerprint density at radius 1 is 1.10 bits per heavy atom. The van der Waals surface area contributed by atoms with E-state index in [1.807, 2.05) is 11.9 Å². The van der Waals surface area contributed by atoms with E-state index in [0.717, 1.165) is 0 Å². The van der Waals surface area contributed by atoms with Crippen LogP contribution in [0.4, 0.5) is 13.2 Å². The summed E-state index contributed by atoms with van der Waals surface area (Å²) in [6.07, 6.45) is 0. The van der Waals surface area contributed by atoms with Gasteiger partial charge < -0.3 is 18.7 Å². The van der Waals surface area contributed by atoms with Gasteiger partial charge in [-0.25, -0.2) is 4.39 Å². The first-order valence-corrected chi connectivity index (χ1v) is 8.97. The fourth-order valence-electron chi connectivity index (χ4n) is 2.60. The molecule has 0 fully saturated rings. The molecular formula is C20H20F3N3O4. The highest BCUT2D eigenvalue weighted by atomic mass is 19.3. The van der Waals surface area contributed by atoms with E-state index in [1.54, 1.807) is 12.1 Å². The Labute approximate surface area is 171 Å². The lowest BCUT2D eigenvalue weighted by atomic mass is 10.2. The van der Waals surface area contributed by atoms with E-state index in [1.165, 1.54) is 37.4 Å². The molecule has 7 nitrogen and oxygen atoms in total. The molecule has 3 aromatic rings. The molecule has 160 valence electrons. The molecule has 10 heteroatoms. The first kappa shape index (κ1) is 21.4. The Morgan fingerprint density at radius 3 is 2.57 bits per heavy atom. The highest BCUT2D eigenvalue weighted by Crippen LogP contribution is 2.32. The van der Waals surface area contributed by atoms with E-state index in [2.05, 4.69) is 14.9 Å². The number of hydrogen-bond acceptors (Lipinski definition) is 7. The van der Waals surface area contributed by atoms with Crippen LogP contribution in [0.3, 0.4) is 0 Å². The Morgan fingerprint density at radius 2 is 1.87 bits per heavy atom. The molecule has 0 unspecified atom stereocenters. The lowest BCUT2D eigenvalue weighted by Gasteiger charge is -2.14. The third-order valence-corrected chi connectivity index (χ3v) is 4.07. The maximum Gasteiger partial charge on any atom is 0.387 e. The van der Waals surface area contributed by atoms with Gasteiger partial charge in [0.15, 0.2) is 11.5 Å². The normalized spacial score (nSPS) is 11.2. The summed E-state index contributed by atoms with van der Waals surface area (Å²) in [5.74, 6) is 0.984. The monoisotopic (exact) mass is 423 g/mol. The number of methoxy groups -OCH3 is 1. The molecule has 0 aliphatic carbocycles. The van der Waals surface area contributed by atoms with E-state index in [9.17, 15) is 13.2 Å². The van der Waals surface area contributed by atoms with Crippen LogP contribution in [0.15, 0.2) is 47.0 Å². The number of rotatable bonds is 10. The fourth-order valence-corrected chi connectivity index (χ4v) is 2.60. The van der Waals surface area contributed by atoms with Gasteiger partial charge in [0.05, 0.1) is 13.7 Å². The molecule has 1 heterocycles. The molecular weight excluding hydrogens is 403 g/mol. The van der Waals surface area contributed by atoms with Gasteiger partial charge in [-0.3, -0.25) is 4.90 Å². The predicted octanol–water partition coefficient (Wildman–Crippen LogP) is 4.00. The van der Waals surface area contributed by atoms with Gasteiger partial charge in [-0.05, 0) is 49.5 Å². The standard InChI is InChI=1S/C20H20F3N3O4/c1-26(9-10-28-15-6-4-14(21)5-7-15)12-18-24-19(25-30-18)13-3-8-16(29-20(22)23)17(11-13)27-2/h3-8,11,20H,9-10,12H2,1-2H3. The summed E-state index contributed by atoms with van der Waals surface area (Å²) in [6.45, 7) is -1.61. The smallest absolute Gasteiger partial charge is 0.387 e. The van der Waals surface area contributed by atoms with Crippen molar-refractivity contribution in [3.63, 3.8) is 0 Å². The minimum Gasteiger partial charge on any atom is -0.493 e. The van der Waals surface area contributed by atoms with E-state index >= 15 is 0 Å². The van der Waals surface area contributed by atoms with Crippen molar-refractivity contribution in [3.8, 4) is 28.6 Å². The number of benzene rings is 2. The summed E-state index contributed by atoms with van der Waals surface area (Å²) >= 11 is 0. The van der Waals surface area contributed by atoms with Crippen molar-refractivity contribution < 1.29 is 31.9 Å². The van der Waals surface area contributed by atoms with Crippen molar-refractivity contribution in [3.05, 3.63) is 54.2 Å². The van der Waals surface area contributed by atoms with Crippen LogP contribution in [0.25, 0.3) is 11.4 Å². The maximum atomic E-state index is 12.9. The van der Waals surface area contributed by atoms with Crippen molar-refractivity contribution in [1.29, 1.82) is 0 Å². The molecule has 0 saturated carbocycles. The van der Waals surface area contributed by atoms with Crippen LogP contribution in [0.5, 0.6) is 17.2 Å². The van der Waals surface area contributed by atoms with Crippen molar-refractivity contribution in [2.75, 3.05) is 27.3 Å². The van der Waals surface area contributed by atoms with Crippen LogP contribution in [-0.4, -0.2) is 49.0 Å². The molecule has 0 atom stereocenters. The van der Waals surface area contributed by atoms with Gasteiger partial charge in [0.2, 0.25) is 11.7 Å². The second-order valence-corrected chi connectivity index (χ2v) is 6.30. The van der Waals surface area contributed by atoms with Crippen LogP contribution in [0.1, 0.15) is 5.89 Å². The quantitative estimate of drug-likeness (QED) is 0.488. The first-order valence-electron chi connectivity index (χ1n) is 8.97. The zero-order chi connectivity index (χ0) is 21.5. The van der Waals surface area contributed by atoms with E-state index in [0.29, 0.717) is 42.7 Å². The zero-order valence-corrected chi connectivity index (χ0v) is 16.3. The van der Waals surface area contributed by atoms with Crippen LogP contribution in [-0.2, 0) is 6.54 Å². The second kappa shape index (κ2) is 9.97. The summed E-state index contributed by atoms with van der Waals surface area (Å²) in [5, 5.41) is 3.92. The Hall–Kier alpha value is -3.27. The van der Waals surface area contributed by atoms with Crippen molar-refractivity contribution in [2.24, 2.45) is 0 Å². The number of ether oxygens (including phenoxy) is 3. The van der Waals surface area contributed by atoms with Gasteiger partial charge in [0, 0.05) is 12.1 Å². The molecule has 0 radical (unpaired) electrons. The van der Waals surface area contributed by atoms with Gasteiger partial charge in [0.25, 0.3) is 0 Å². The van der Waals surface area contributed by atoms with Crippen LogP contribution < -0.4 is 14.2 Å². The lowest BCUT2D eigenvalue weighted by Crippen LogP contribution is -2.24. The number of nitrogens with zero attached hydrogens (tertiary/aromatic N) is 3. The third kappa shape index (κ3) is 5.86. The largest absolute Gasteiger partial charge is 0.493 e. The molecule has 0 N–H and O–H groups in total. The SMILES string of the molecule is COc1cc(-c2noc(CN(C)CCOc3ccc(F)cc3)n2)ccc1OC(F)F. The van der Waals surface area contributed by atoms with E-state index < -0.39 is 6.61 Å². The van der Waals surface area contributed by atoms with Crippen molar-refractivity contribution in [1.82, 2.24) is 15.0 Å². The van der Waals surface area contributed by atoms with E-state index in [-0.39, 0.29) is 17.3 Å². The number of hydrogen-bond donors (Lipinski definition) is 0. The first-order chi connectivity index (χ1) is 14.4. The number of aromatic nitrogens is 2. The van der Waals surface area contributed by atoms with Crippen LogP contribution in [0, 0.1) is 5.82 Å². The summed E-state index contributed by atoms with van der Waals surface area (Å²) < 4.78 is 58.1. The van der Waals surface area contributed by atoms with Gasteiger partial charge in [-0.15, -0.1) is 0 Å². The average Bonchev–Trinajstić information content (AvgIpc) is 3.17. The second-order valence-electron chi connectivity index (χ2n) is 6.30. The molecule has 0 aliphatic rings. The number of alkyl halides is 2. The third-order valence-electron chi connectivity index (χ3n) is 4.07. The lowest BCUT2D eigenvalue weighted by molar-refractivity contribution is -0.0512. The maximum absolute atomic E-state index is 12.9. The number of halogens is 3. The van der Waals surface area contributed by atoms with Crippen molar-refractivity contribution in [2.45, 2.75) is 13.2 Å². The minimum absolute atomic E-state index is 0.0825. The van der Waals surface area contributed by atoms with Gasteiger partial charge in [0.1, 0.15) is 18.2 Å². The number of likely N-dealkylation sites (N-methyl/N-ethyl adjacent to an activating group) is 1. The van der Waals surface area contributed by atoms with Gasteiger partial charge in [-0.1, -0.05) is 5.16 Å². The predicted molar refractivity (Wildman–Crippen MR) is 101 cm³/mol. The van der Waals surface area contributed by atoms with Crippen molar-refractivity contribution >= 4 is 0 Å². The van der Waals surface area contributed by atoms with Crippen LogP contribution in [0.2, 0.25) is 0 Å². The summed E-state index contributed by atoms with van der Waals surface area (Å²) in [7, 11) is 3.21. The molecule has 2 aromatic carbocycles. The fraction of sp³-hybridized carbons (Fsp3) is 0.300. The van der Waals surface area contributed by atoms with Gasteiger partial charge >= 0.3 is 6.61 Å². The molecule has 0 spiro atoms. The van der Waals surface area contributed by atoms with Gasteiger partial charge in [-0.2, -0.15) is 13.8 Å².